The van der Waals surface area contributed by atoms with Crippen LogP contribution in [0.2, 0.25) is 0 Å². The van der Waals surface area contributed by atoms with Crippen LogP contribution in [-0.2, 0) is 9.84 Å². The molecule has 0 saturated heterocycles. The zero-order valence-electron chi connectivity index (χ0n) is 9.72. The molecule has 0 saturated carbocycles. The zero-order chi connectivity index (χ0) is 12.5. The fourth-order valence-electron chi connectivity index (χ4n) is 2.20. The van der Waals surface area contributed by atoms with Gasteiger partial charge in [-0.3, -0.25) is 0 Å². The van der Waals surface area contributed by atoms with E-state index in [1.807, 2.05) is 6.08 Å². The fraction of sp³-hybridized carbons (Fsp3) is 0.500. The van der Waals surface area contributed by atoms with E-state index in [-0.39, 0.29) is 6.04 Å². The number of hydrogen-bond donors (Lipinski definition) is 2. The number of hydrogen-bond acceptors (Lipinski definition) is 4. The SMILES string of the molecule is NC1=CCCC(S(=O)(=O)C2=CCCC(N)C2)=C1. The lowest BCUT2D eigenvalue weighted by molar-refractivity contribution is 0.575. The summed E-state index contributed by atoms with van der Waals surface area (Å²) in [5, 5.41) is 0. The normalized spacial score (nSPS) is 25.9. The second kappa shape index (κ2) is 4.66. The molecule has 17 heavy (non-hydrogen) atoms. The molecule has 0 heterocycles. The van der Waals surface area contributed by atoms with Crippen LogP contribution in [0.4, 0.5) is 0 Å². The summed E-state index contributed by atoms with van der Waals surface area (Å²) in [7, 11) is -3.33. The highest BCUT2D eigenvalue weighted by Crippen LogP contribution is 2.30. The fourth-order valence-corrected chi connectivity index (χ4v) is 3.99. The molecule has 0 spiro atoms. The van der Waals surface area contributed by atoms with Crippen LogP contribution in [0.25, 0.3) is 0 Å². The maximum atomic E-state index is 12.4. The van der Waals surface area contributed by atoms with E-state index >= 15 is 0 Å². The summed E-state index contributed by atoms with van der Waals surface area (Å²) in [6.45, 7) is 0. The van der Waals surface area contributed by atoms with Gasteiger partial charge in [-0.15, -0.1) is 0 Å². The second-order valence-electron chi connectivity index (χ2n) is 4.57. The van der Waals surface area contributed by atoms with Crippen molar-refractivity contribution in [3.63, 3.8) is 0 Å². The Balaban J connectivity index is 2.31. The van der Waals surface area contributed by atoms with Gasteiger partial charge in [-0.05, 0) is 38.2 Å². The largest absolute Gasteiger partial charge is 0.399 e. The van der Waals surface area contributed by atoms with E-state index in [4.69, 9.17) is 11.5 Å². The minimum atomic E-state index is -3.33. The van der Waals surface area contributed by atoms with Gasteiger partial charge in [0, 0.05) is 16.6 Å². The van der Waals surface area contributed by atoms with Gasteiger partial charge in [0.25, 0.3) is 0 Å². The van der Waals surface area contributed by atoms with Crippen molar-refractivity contribution in [3.8, 4) is 0 Å². The molecule has 0 aliphatic heterocycles. The van der Waals surface area contributed by atoms with Crippen LogP contribution in [0.5, 0.6) is 0 Å². The third-order valence-electron chi connectivity index (χ3n) is 3.16. The first-order valence-corrected chi connectivity index (χ1v) is 7.34. The molecule has 5 heteroatoms. The lowest BCUT2D eigenvalue weighted by Gasteiger charge is -2.21. The van der Waals surface area contributed by atoms with Gasteiger partial charge in [0.05, 0.1) is 4.91 Å². The molecular weight excluding hydrogens is 236 g/mol. The second-order valence-corrected chi connectivity index (χ2v) is 6.62. The van der Waals surface area contributed by atoms with Gasteiger partial charge in [-0.2, -0.15) is 0 Å². The number of allylic oxidation sites excluding steroid dienone is 4. The monoisotopic (exact) mass is 254 g/mol. The summed E-state index contributed by atoms with van der Waals surface area (Å²) in [6.07, 6.45) is 8.50. The molecule has 2 aliphatic carbocycles. The highest BCUT2D eigenvalue weighted by molar-refractivity contribution is 7.98. The van der Waals surface area contributed by atoms with Crippen LogP contribution in [0.3, 0.4) is 0 Å². The third-order valence-corrected chi connectivity index (χ3v) is 5.20. The third kappa shape index (κ3) is 2.61. The summed E-state index contributed by atoms with van der Waals surface area (Å²) in [6, 6.07) is -0.0399. The molecule has 0 radical (unpaired) electrons. The van der Waals surface area contributed by atoms with Crippen LogP contribution in [0, 0.1) is 0 Å². The van der Waals surface area contributed by atoms with Gasteiger partial charge >= 0.3 is 0 Å². The Morgan fingerprint density at radius 3 is 2.59 bits per heavy atom. The van der Waals surface area contributed by atoms with Crippen LogP contribution < -0.4 is 11.5 Å². The molecule has 0 aromatic heterocycles. The summed E-state index contributed by atoms with van der Waals surface area (Å²) < 4.78 is 24.7. The number of rotatable bonds is 2. The van der Waals surface area contributed by atoms with Crippen molar-refractivity contribution in [1.29, 1.82) is 0 Å². The quantitative estimate of drug-likeness (QED) is 0.778. The van der Waals surface area contributed by atoms with Crippen LogP contribution in [-0.4, -0.2) is 14.5 Å². The Morgan fingerprint density at radius 1 is 1.18 bits per heavy atom. The molecular formula is C12H18N2O2S. The standard InChI is InChI=1S/C12H18N2O2S/c13-9-3-1-5-11(7-9)17(15,16)12-6-2-4-10(14)8-12/h3,6-7,10H,1-2,4-5,8,13-14H2. The van der Waals surface area contributed by atoms with Crippen LogP contribution >= 0.6 is 0 Å². The smallest absolute Gasteiger partial charge is 0.198 e. The minimum Gasteiger partial charge on any atom is -0.399 e. The summed E-state index contributed by atoms with van der Waals surface area (Å²) >= 11 is 0. The van der Waals surface area contributed by atoms with Gasteiger partial charge in [0.15, 0.2) is 9.84 Å². The van der Waals surface area contributed by atoms with E-state index < -0.39 is 9.84 Å². The molecule has 4 nitrogen and oxygen atoms in total. The molecule has 0 aromatic carbocycles. The van der Waals surface area contributed by atoms with Crippen molar-refractivity contribution >= 4 is 9.84 Å². The Morgan fingerprint density at radius 2 is 1.94 bits per heavy atom. The topological polar surface area (TPSA) is 86.2 Å². The van der Waals surface area contributed by atoms with E-state index in [1.165, 1.54) is 0 Å². The first-order valence-electron chi connectivity index (χ1n) is 5.86. The van der Waals surface area contributed by atoms with Crippen molar-refractivity contribution in [3.05, 3.63) is 33.7 Å². The highest BCUT2D eigenvalue weighted by atomic mass is 32.2. The van der Waals surface area contributed by atoms with E-state index in [0.717, 1.165) is 12.8 Å². The van der Waals surface area contributed by atoms with E-state index in [0.29, 0.717) is 34.8 Å². The van der Waals surface area contributed by atoms with Crippen molar-refractivity contribution in [2.75, 3.05) is 0 Å². The zero-order valence-corrected chi connectivity index (χ0v) is 10.5. The average Bonchev–Trinajstić information content (AvgIpc) is 2.29. The van der Waals surface area contributed by atoms with E-state index in [9.17, 15) is 8.42 Å². The molecule has 94 valence electrons. The van der Waals surface area contributed by atoms with Gasteiger partial charge in [-0.25, -0.2) is 8.42 Å². The predicted molar refractivity (Wildman–Crippen MR) is 68.4 cm³/mol. The van der Waals surface area contributed by atoms with Gasteiger partial charge in [-0.1, -0.05) is 12.2 Å². The Kier molecular flexibility index (Phi) is 3.40. The Labute approximate surface area is 102 Å². The maximum Gasteiger partial charge on any atom is 0.198 e. The van der Waals surface area contributed by atoms with Crippen LogP contribution in [0.15, 0.2) is 33.7 Å². The number of sulfone groups is 1. The molecule has 1 unspecified atom stereocenters. The van der Waals surface area contributed by atoms with Crippen molar-refractivity contribution in [2.24, 2.45) is 11.5 Å². The summed E-state index contributed by atoms with van der Waals surface area (Å²) in [5.74, 6) is 0. The van der Waals surface area contributed by atoms with Crippen molar-refractivity contribution < 1.29 is 8.42 Å². The lowest BCUT2D eigenvalue weighted by Crippen LogP contribution is -2.26. The summed E-state index contributed by atoms with van der Waals surface area (Å²) in [4.78, 5) is 0.898. The molecule has 1 atom stereocenters. The molecule has 2 aliphatic rings. The molecule has 0 fully saturated rings. The molecule has 2 rings (SSSR count). The van der Waals surface area contributed by atoms with Crippen LogP contribution in [0.1, 0.15) is 32.1 Å². The Hall–Kier alpha value is -1.07. The molecule has 0 bridgehead atoms. The first-order chi connectivity index (χ1) is 8.00. The Bertz CT molecular complexity index is 501. The maximum absolute atomic E-state index is 12.4. The van der Waals surface area contributed by atoms with E-state index in [1.54, 1.807) is 12.2 Å². The minimum absolute atomic E-state index is 0.0399. The molecule has 0 amide bonds. The van der Waals surface area contributed by atoms with E-state index in [2.05, 4.69) is 0 Å². The number of nitrogens with two attached hydrogens (primary N) is 2. The van der Waals surface area contributed by atoms with Gasteiger partial charge < -0.3 is 11.5 Å². The van der Waals surface area contributed by atoms with Crippen molar-refractivity contribution in [2.45, 2.75) is 38.1 Å². The molecule has 4 N–H and O–H groups in total. The van der Waals surface area contributed by atoms with Gasteiger partial charge in [0.1, 0.15) is 0 Å². The first kappa shape index (κ1) is 12.4. The molecule has 0 aromatic rings. The summed E-state index contributed by atoms with van der Waals surface area (Å²) in [5.41, 5.74) is 12.0. The predicted octanol–water partition coefficient (Wildman–Crippen LogP) is 1.32. The van der Waals surface area contributed by atoms with Gasteiger partial charge in [0.2, 0.25) is 0 Å². The highest BCUT2D eigenvalue weighted by Gasteiger charge is 2.27. The average molecular weight is 254 g/mol. The lowest BCUT2D eigenvalue weighted by atomic mass is 10.0. The van der Waals surface area contributed by atoms with Crippen molar-refractivity contribution in [1.82, 2.24) is 0 Å².